The molecule has 0 bridgehead atoms. The minimum Gasteiger partial charge on any atom is -0.490 e. The van der Waals surface area contributed by atoms with Crippen LogP contribution in [0.3, 0.4) is 0 Å². The summed E-state index contributed by atoms with van der Waals surface area (Å²) in [5, 5.41) is 5.30. The van der Waals surface area contributed by atoms with Crippen molar-refractivity contribution in [3.05, 3.63) is 58.8 Å². The number of aryl methyl sites for hydroxylation is 1. The van der Waals surface area contributed by atoms with Crippen molar-refractivity contribution in [3.8, 4) is 11.5 Å². The van der Waals surface area contributed by atoms with Gasteiger partial charge in [-0.1, -0.05) is 13.8 Å². The molecule has 1 amide bonds. The molecular formula is C26H31N3O3. The largest absolute Gasteiger partial charge is 0.490 e. The normalized spacial score (nSPS) is 15.7. The Labute approximate surface area is 189 Å². The lowest BCUT2D eigenvalue weighted by Gasteiger charge is -2.18. The minimum atomic E-state index is -0.227. The van der Waals surface area contributed by atoms with Crippen molar-refractivity contribution in [2.45, 2.75) is 46.5 Å². The molecule has 2 aromatic carbocycles. The molecule has 32 heavy (non-hydrogen) atoms. The number of nitrogens with one attached hydrogen (secondary N) is 2. The second kappa shape index (κ2) is 9.90. The maximum atomic E-state index is 12.7. The van der Waals surface area contributed by atoms with Gasteiger partial charge in [-0.3, -0.25) is 4.79 Å². The molecule has 1 heterocycles. The Morgan fingerprint density at radius 2 is 2.06 bits per heavy atom. The average molecular weight is 434 g/mol. The number of ether oxygens (including phenoxy) is 2. The molecule has 2 N–H and O–H groups in total. The number of nitrogens with zero attached hydrogens (tertiary/aromatic N) is 1. The number of hydrazone groups is 1. The van der Waals surface area contributed by atoms with Gasteiger partial charge in [0, 0.05) is 22.2 Å². The van der Waals surface area contributed by atoms with Gasteiger partial charge in [0.2, 0.25) is 0 Å². The molecule has 1 atom stereocenters. The van der Waals surface area contributed by atoms with E-state index in [0.29, 0.717) is 36.2 Å². The standard InChI is InChI=1S/C26H31N3O3/c1-4-12-32-24-11-7-18(14-25(24)31-5-2)16-27-29-26(30)19-8-10-23-21(15-19)20-13-17(3)6-9-22(20)28-23/h7-8,10-11,14-17,28H,4-6,9,12-13H2,1-3H3,(H,29,30)/b27-16-. The number of amides is 1. The van der Waals surface area contributed by atoms with Gasteiger partial charge in [-0.05, 0) is 86.1 Å². The van der Waals surface area contributed by atoms with Gasteiger partial charge in [0.05, 0.1) is 19.4 Å². The maximum absolute atomic E-state index is 12.7. The second-order valence-corrected chi connectivity index (χ2v) is 8.38. The van der Waals surface area contributed by atoms with Crippen LogP contribution in [-0.2, 0) is 12.8 Å². The van der Waals surface area contributed by atoms with Crippen LogP contribution in [0.4, 0.5) is 0 Å². The number of carbonyl (C=O) groups is 1. The van der Waals surface area contributed by atoms with E-state index in [1.165, 1.54) is 17.7 Å². The van der Waals surface area contributed by atoms with E-state index in [0.717, 1.165) is 35.7 Å². The van der Waals surface area contributed by atoms with Crippen molar-refractivity contribution >= 4 is 23.0 Å². The highest BCUT2D eigenvalue weighted by Crippen LogP contribution is 2.32. The summed E-state index contributed by atoms with van der Waals surface area (Å²) < 4.78 is 11.4. The molecule has 1 aliphatic rings. The van der Waals surface area contributed by atoms with Crippen molar-refractivity contribution < 1.29 is 14.3 Å². The lowest BCUT2D eigenvalue weighted by atomic mass is 9.87. The first-order valence-corrected chi connectivity index (χ1v) is 11.5. The van der Waals surface area contributed by atoms with E-state index in [9.17, 15) is 4.79 Å². The highest BCUT2D eigenvalue weighted by Gasteiger charge is 2.20. The molecule has 168 valence electrons. The molecule has 0 saturated carbocycles. The van der Waals surface area contributed by atoms with E-state index in [-0.39, 0.29) is 5.91 Å². The average Bonchev–Trinajstić information content (AvgIpc) is 3.15. The van der Waals surface area contributed by atoms with Gasteiger partial charge in [0.25, 0.3) is 5.91 Å². The van der Waals surface area contributed by atoms with E-state index in [1.54, 1.807) is 6.21 Å². The quantitative estimate of drug-likeness (QED) is 0.377. The van der Waals surface area contributed by atoms with E-state index in [2.05, 4.69) is 29.4 Å². The van der Waals surface area contributed by atoms with Gasteiger partial charge in [-0.2, -0.15) is 5.10 Å². The molecule has 3 aromatic rings. The predicted octanol–water partition coefficient (Wildman–Crippen LogP) is 5.24. The van der Waals surface area contributed by atoms with Crippen molar-refractivity contribution in [1.82, 2.24) is 10.4 Å². The molecule has 1 unspecified atom stereocenters. The highest BCUT2D eigenvalue weighted by molar-refractivity contribution is 5.99. The zero-order chi connectivity index (χ0) is 22.5. The first-order valence-electron chi connectivity index (χ1n) is 11.5. The van der Waals surface area contributed by atoms with Crippen LogP contribution in [-0.4, -0.2) is 30.3 Å². The van der Waals surface area contributed by atoms with Crippen LogP contribution in [0.1, 0.15) is 60.8 Å². The molecule has 6 heteroatoms. The Morgan fingerprint density at radius 3 is 2.88 bits per heavy atom. The SMILES string of the molecule is CCCOc1ccc(/C=N\NC(=O)c2ccc3[nH]c4c(c3c2)CC(C)CC4)cc1OCC. The zero-order valence-electron chi connectivity index (χ0n) is 19.0. The first-order chi connectivity index (χ1) is 15.6. The maximum Gasteiger partial charge on any atom is 0.271 e. The molecule has 0 radical (unpaired) electrons. The summed E-state index contributed by atoms with van der Waals surface area (Å²) in [6, 6.07) is 11.4. The van der Waals surface area contributed by atoms with Crippen molar-refractivity contribution in [2.24, 2.45) is 11.0 Å². The van der Waals surface area contributed by atoms with Crippen LogP contribution in [0.5, 0.6) is 11.5 Å². The summed E-state index contributed by atoms with van der Waals surface area (Å²) in [5.74, 6) is 1.83. The van der Waals surface area contributed by atoms with E-state index in [1.807, 2.05) is 43.3 Å². The van der Waals surface area contributed by atoms with Crippen LogP contribution >= 0.6 is 0 Å². The molecule has 6 nitrogen and oxygen atoms in total. The van der Waals surface area contributed by atoms with Crippen molar-refractivity contribution in [3.63, 3.8) is 0 Å². The Hall–Kier alpha value is -3.28. The van der Waals surface area contributed by atoms with Gasteiger partial charge in [-0.15, -0.1) is 0 Å². The van der Waals surface area contributed by atoms with E-state index in [4.69, 9.17) is 9.47 Å². The molecule has 0 spiro atoms. The fraction of sp³-hybridized carbons (Fsp3) is 0.385. The molecule has 0 saturated heterocycles. The van der Waals surface area contributed by atoms with Gasteiger partial charge < -0.3 is 14.5 Å². The number of hydrogen-bond donors (Lipinski definition) is 2. The number of aromatic nitrogens is 1. The summed E-state index contributed by atoms with van der Waals surface area (Å²) in [6.45, 7) is 7.46. The number of rotatable bonds is 8. The fourth-order valence-corrected chi connectivity index (χ4v) is 4.17. The third kappa shape index (κ3) is 4.79. The fourth-order valence-electron chi connectivity index (χ4n) is 4.17. The number of aromatic amines is 1. The van der Waals surface area contributed by atoms with Crippen LogP contribution in [0.2, 0.25) is 0 Å². The van der Waals surface area contributed by atoms with Gasteiger partial charge in [0.1, 0.15) is 0 Å². The molecule has 1 aliphatic carbocycles. The van der Waals surface area contributed by atoms with Crippen LogP contribution < -0.4 is 14.9 Å². The molecule has 1 aromatic heterocycles. The summed E-state index contributed by atoms with van der Waals surface area (Å²) in [5.41, 5.74) is 7.83. The summed E-state index contributed by atoms with van der Waals surface area (Å²) in [7, 11) is 0. The summed E-state index contributed by atoms with van der Waals surface area (Å²) >= 11 is 0. The van der Waals surface area contributed by atoms with Crippen LogP contribution in [0.15, 0.2) is 41.5 Å². The number of H-pyrrole nitrogens is 1. The number of fused-ring (bicyclic) bond motifs is 3. The topological polar surface area (TPSA) is 75.7 Å². The second-order valence-electron chi connectivity index (χ2n) is 8.38. The molecule has 0 fully saturated rings. The zero-order valence-corrected chi connectivity index (χ0v) is 19.0. The smallest absolute Gasteiger partial charge is 0.271 e. The van der Waals surface area contributed by atoms with Crippen LogP contribution in [0.25, 0.3) is 10.9 Å². The number of hydrogen-bond acceptors (Lipinski definition) is 4. The lowest BCUT2D eigenvalue weighted by Crippen LogP contribution is -2.17. The Kier molecular flexibility index (Phi) is 6.78. The van der Waals surface area contributed by atoms with Crippen molar-refractivity contribution in [2.75, 3.05) is 13.2 Å². The predicted molar refractivity (Wildman–Crippen MR) is 128 cm³/mol. The first kappa shape index (κ1) is 21.9. The summed E-state index contributed by atoms with van der Waals surface area (Å²) in [6.07, 6.45) is 5.87. The van der Waals surface area contributed by atoms with E-state index < -0.39 is 0 Å². The Bertz CT molecular complexity index is 1130. The van der Waals surface area contributed by atoms with E-state index >= 15 is 0 Å². The molecule has 4 rings (SSSR count). The van der Waals surface area contributed by atoms with Gasteiger partial charge >= 0.3 is 0 Å². The van der Waals surface area contributed by atoms with Crippen molar-refractivity contribution in [1.29, 1.82) is 0 Å². The molecule has 0 aliphatic heterocycles. The Balaban J connectivity index is 1.47. The van der Waals surface area contributed by atoms with Gasteiger partial charge in [0.15, 0.2) is 11.5 Å². The number of benzene rings is 2. The van der Waals surface area contributed by atoms with Crippen LogP contribution in [0, 0.1) is 5.92 Å². The van der Waals surface area contributed by atoms with Gasteiger partial charge in [-0.25, -0.2) is 5.43 Å². The Morgan fingerprint density at radius 1 is 1.19 bits per heavy atom. The minimum absolute atomic E-state index is 0.227. The third-order valence-corrected chi connectivity index (χ3v) is 5.81. The third-order valence-electron chi connectivity index (χ3n) is 5.81. The number of carbonyl (C=O) groups excluding carboxylic acids is 1. The highest BCUT2D eigenvalue weighted by atomic mass is 16.5. The molecular weight excluding hydrogens is 402 g/mol. The monoisotopic (exact) mass is 433 g/mol. The lowest BCUT2D eigenvalue weighted by molar-refractivity contribution is 0.0955. The summed E-state index contributed by atoms with van der Waals surface area (Å²) in [4.78, 5) is 16.2.